The van der Waals surface area contributed by atoms with Crippen molar-refractivity contribution in [3.05, 3.63) is 42.0 Å². The highest BCUT2D eigenvalue weighted by atomic mass is 17.2. The van der Waals surface area contributed by atoms with Gasteiger partial charge in [0.05, 0.1) is 6.61 Å². The lowest BCUT2D eigenvalue weighted by atomic mass is 9.90. The molecule has 0 aromatic heterocycles. The molecule has 19 heavy (non-hydrogen) atoms. The second-order valence-electron chi connectivity index (χ2n) is 4.93. The Kier molecular flexibility index (Phi) is 5.63. The molecule has 0 radical (unpaired) electrons. The molecule has 0 saturated heterocycles. The molecule has 0 amide bonds. The van der Waals surface area contributed by atoms with Crippen LogP contribution in [0.1, 0.15) is 37.7 Å². The van der Waals surface area contributed by atoms with Crippen molar-refractivity contribution in [2.45, 2.75) is 32.1 Å². The molecule has 0 unspecified atom stereocenters. The van der Waals surface area contributed by atoms with E-state index in [-0.39, 0.29) is 0 Å². The Morgan fingerprint density at radius 1 is 1.16 bits per heavy atom. The van der Waals surface area contributed by atoms with Crippen LogP contribution < -0.4 is 0 Å². The van der Waals surface area contributed by atoms with E-state index in [0.29, 0.717) is 12.5 Å². The summed E-state index contributed by atoms with van der Waals surface area (Å²) in [5.41, 5.74) is 0.965. The molecule has 1 aromatic carbocycles. The van der Waals surface area contributed by atoms with Gasteiger partial charge in [0.2, 0.25) is 0 Å². The highest BCUT2D eigenvalue weighted by Gasteiger charge is 2.14. The average molecular weight is 260 g/mol. The van der Waals surface area contributed by atoms with Crippen LogP contribution >= 0.6 is 0 Å². The summed E-state index contributed by atoms with van der Waals surface area (Å²) in [6, 6.07) is 9.62. The van der Waals surface area contributed by atoms with Crippen LogP contribution in [-0.4, -0.2) is 12.6 Å². The summed E-state index contributed by atoms with van der Waals surface area (Å²) in [7, 11) is 0. The van der Waals surface area contributed by atoms with Crippen LogP contribution in [-0.2, 0) is 14.6 Å². The minimum Gasteiger partial charge on any atom is -0.294 e. The monoisotopic (exact) mass is 260 g/mol. The third-order valence-corrected chi connectivity index (χ3v) is 3.38. The zero-order valence-electron chi connectivity index (χ0n) is 11.1. The quantitative estimate of drug-likeness (QED) is 0.459. The van der Waals surface area contributed by atoms with Gasteiger partial charge in [-0.25, -0.2) is 4.79 Å². The standard InChI is InChI=1S/C16H20O3/c17-16(12-11-14-7-3-1-4-8-14)19-18-13-15-9-5-2-6-10-15/h1,3-4,7-8,11-12,15H,2,5-6,9-10,13H2. The van der Waals surface area contributed by atoms with Crippen molar-refractivity contribution in [1.29, 1.82) is 0 Å². The molecule has 0 heterocycles. The molecule has 0 N–H and O–H groups in total. The fourth-order valence-corrected chi connectivity index (χ4v) is 2.30. The summed E-state index contributed by atoms with van der Waals surface area (Å²) in [5, 5.41) is 0. The van der Waals surface area contributed by atoms with Gasteiger partial charge in [0, 0.05) is 6.08 Å². The van der Waals surface area contributed by atoms with Gasteiger partial charge in [0.1, 0.15) is 0 Å². The molecule has 1 aliphatic rings. The summed E-state index contributed by atoms with van der Waals surface area (Å²) in [6.07, 6.45) is 9.29. The highest BCUT2D eigenvalue weighted by molar-refractivity contribution is 5.86. The molecule has 0 bridgehead atoms. The van der Waals surface area contributed by atoms with E-state index in [4.69, 9.17) is 9.78 Å². The number of carbonyl (C=O) groups excluding carboxylic acids is 1. The summed E-state index contributed by atoms with van der Waals surface area (Å²) >= 11 is 0. The Morgan fingerprint density at radius 3 is 2.63 bits per heavy atom. The van der Waals surface area contributed by atoms with Crippen molar-refractivity contribution in [3.8, 4) is 0 Å². The predicted octanol–water partition coefficient (Wildman–Crippen LogP) is 3.75. The first-order chi connectivity index (χ1) is 9.34. The molecular formula is C16H20O3. The molecule has 1 fully saturated rings. The van der Waals surface area contributed by atoms with E-state index in [1.54, 1.807) is 6.08 Å². The van der Waals surface area contributed by atoms with Gasteiger partial charge in [-0.2, -0.15) is 4.89 Å². The van der Waals surface area contributed by atoms with Crippen molar-refractivity contribution in [1.82, 2.24) is 0 Å². The third kappa shape index (κ3) is 5.26. The van der Waals surface area contributed by atoms with Gasteiger partial charge >= 0.3 is 5.97 Å². The number of carbonyl (C=O) groups is 1. The van der Waals surface area contributed by atoms with E-state index in [0.717, 1.165) is 5.56 Å². The second kappa shape index (κ2) is 7.74. The molecule has 0 spiro atoms. The molecule has 2 rings (SSSR count). The maximum atomic E-state index is 11.4. The number of rotatable bonds is 5. The fourth-order valence-electron chi connectivity index (χ4n) is 2.30. The van der Waals surface area contributed by atoms with E-state index >= 15 is 0 Å². The Labute approximate surface area is 114 Å². The number of benzene rings is 1. The highest BCUT2D eigenvalue weighted by Crippen LogP contribution is 2.23. The smallest absolute Gasteiger partial charge is 0.294 e. The van der Waals surface area contributed by atoms with Crippen molar-refractivity contribution in [3.63, 3.8) is 0 Å². The minimum absolute atomic E-state index is 0.459. The van der Waals surface area contributed by atoms with Gasteiger partial charge in [-0.1, -0.05) is 49.6 Å². The van der Waals surface area contributed by atoms with Crippen molar-refractivity contribution >= 4 is 12.0 Å². The third-order valence-electron chi connectivity index (χ3n) is 3.38. The van der Waals surface area contributed by atoms with Gasteiger partial charge in [-0.3, -0.25) is 4.89 Å². The average Bonchev–Trinajstić information content (AvgIpc) is 2.47. The molecule has 0 atom stereocenters. The SMILES string of the molecule is O=C(C=Cc1ccccc1)OOCC1CCCCC1. The Morgan fingerprint density at radius 2 is 1.89 bits per heavy atom. The van der Waals surface area contributed by atoms with Gasteiger partial charge in [0.25, 0.3) is 0 Å². The fraction of sp³-hybridized carbons (Fsp3) is 0.438. The topological polar surface area (TPSA) is 35.5 Å². The molecule has 1 aromatic rings. The zero-order valence-corrected chi connectivity index (χ0v) is 11.1. The molecule has 3 nitrogen and oxygen atoms in total. The predicted molar refractivity (Wildman–Crippen MR) is 74.1 cm³/mol. The van der Waals surface area contributed by atoms with Crippen LogP contribution in [0.2, 0.25) is 0 Å². The van der Waals surface area contributed by atoms with Gasteiger partial charge in [-0.05, 0) is 30.4 Å². The first-order valence-electron chi connectivity index (χ1n) is 6.91. The molecule has 3 heteroatoms. The van der Waals surface area contributed by atoms with Crippen molar-refractivity contribution < 1.29 is 14.6 Å². The van der Waals surface area contributed by atoms with Gasteiger partial charge in [-0.15, -0.1) is 0 Å². The van der Waals surface area contributed by atoms with Gasteiger partial charge in [0.15, 0.2) is 0 Å². The Balaban J connectivity index is 1.65. The summed E-state index contributed by atoms with van der Waals surface area (Å²) in [6.45, 7) is 0.519. The number of hydrogen-bond acceptors (Lipinski definition) is 3. The largest absolute Gasteiger partial charge is 0.365 e. The maximum absolute atomic E-state index is 11.4. The molecule has 1 saturated carbocycles. The minimum atomic E-state index is -0.459. The van der Waals surface area contributed by atoms with Crippen LogP contribution in [0.5, 0.6) is 0 Å². The van der Waals surface area contributed by atoms with Crippen LogP contribution in [0.15, 0.2) is 36.4 Å². The molecule has 1 aliphatic carbocycles. The van der Waals surface area contributed by atoms with Crippen molar-refractivity contribution in [2.75, 3.05) is 6.61 Å². The van der Waals surface area contributed by atoms with E-state index in [1.807, 2.05) is 30.3 Å². The summed E-state index contributed by atoms with van der Waals surface area (Å²) in [4.78, 5) is 21.2. The van der Waals surface area contributed by atoms with Crippen LogP contribution in [0.4, 0.5) is 0 Å². The molecular weight excluding hydrogens is 240 g/mol. The normalized spacial score (nSPS) is 16.6. The van der Waals surface area contributed by atoms with Crippen LogP contribution in [0.3, 0.4) is 0 Å². The van der Waals surface area contributed by atoms with E-state index < -0.39 is 5.97 Å². The molecule has 0 aliphatic heterocycles. The lowest BCUT2D eigenvalue weighted by Gasteiger charge is -2.19. The number of hydrogen-bond donors (Lipinski definition) is 0. The molecule has 102 valence electrons. The van der Waals surface area contributed by atoms with E-state index in [9.17, 15) is 4.79 Å². The first-order valence-corrected chi connectivity index (χ1v) is 6.91. The van der Waals surface area contributed by atoms with E-state index in [1.165, 1.54) is 38.2 Å². The van der Waals surface area contributed by atoms with Crippen molar-refractivity contribution in [2.24, 2.45) is 5.92 Å². The first kappa shape index (κ1) is 13.8. The summed E-state index contributed by atoms with van der Waals surface area (Å²) < 4.78 is 0. The Bertz CT molecular complexity index is 405. The van der Waals surface area contributed by atoms with Gasteiger partial charge < -0.3 is 0 Å². The zero-order chi connectivity index (χ0) is 13.3. The lowest BCUT2D eigenvalue weighted by Crippen LogP contribution is -2.14. The summed E-state index contributed by atoms with van der Waals surface area (Å²) in [5.74, 6) is 0.0827. The maximum Gasteiger partial charge on any atom is 0.365 e. The Hall–Kier alpha value is -1.61. The lowest BCUT2D eigenvalue weighted by molar-refractivity contribution is -0.274. The second-order valence-corrected chi connectivity index (χ2v) is 4.93. The van der Waals surface area contributed by atoms with Crippen LogP contribution in [0.25, 0.3) is 6.08 Å². The van der Waals surface area contributed by atoms with Crippen LogP contribution in [0, 0.1) is 5.92 Å². The van der Waals surface area contributed by atoms with E-state index in [2.05, 4.69) is 0 Å².